The highest BCUT2D eigenvalue weighted by atomic mass is 16.5. The quantitative estimate of drug-likeness (QED) is 0.789. The lowest BCUT2D eigenvalue weighted by atomic mass is 10.2. The maximum absolute atomic E-state index is 5.77. The zero-order chi connectivity index (χ0) is 12.7. The van der Waals surface area contributed by atoms with Gasteiger partial charge >= 0.3 is 0 Å². The van der Waals surface area contributed by atoms with Crippen LogP contribution in [0.4, 0.5) is 0 Å². The molecule has 1 unspecified atom stereocenters. The van der Waals surface area contributed by atoms with E-state index in [0.717, 1.165) is 24.3 Å². The predicted molar refractivity (Wildman–Crippen MR) is 72.2 cm³/mol. The molecule has 0 spiro atoms. The monoisotopic (exact) mass is 236 g/mol. The summed E-state index contributed by atoms with van der Waals surface area (Å²) in [7, 11) is 2.13. The van der Waals surface area contributed by atoms with Crippen molar-refractivity contribution in [2.24, 2.45) is 5.73 Å². The molecule has 0 aliphatic heterocycles. The second kappa shape index (κ2) is 7.30. The van der Waals surface area contributed by atoms with E-state index in [1.165, 1.54) is 0 Å². The summed E-state index contributed by atoms with van der Waals surface area (Å²) in [6, 6.07) is 8.55. The van der Waals surface area contributed by atoms with Crippen molar-refractivity contribution in [3.05, 3.63) is 29.8 Å². The van der Waals surface area contributed by atoms with Crippen molar-refractivity contribution in [1.29, 1.82) is 0 Å². The number of likely N-dealkylation sites (N-methyl/N-ethyl adjacent to an activating group) is 1. The third-order valence-electron chi connectivity index (χ3n) is 3.24. The van der Waals surface area contributed by atoms with E-state index in [1.54, 1.807) is 0 Å². The summed E-state index contributed by atoms with van der Waals surface area (Å²) in [5.41, 5.74) is 6.73. The van der Waals surface area contributed by atoms with E-state index in [4.69, 9.17) is 10.5 Å². The van der Waals surface area contributed by atoms with Gasteiger partial charge in [0.15, 0.2) is 0 Å². The average molecular weight is 236 g/mol. The number of nitrogens with two attached hydrogens (primary N) is 1. The Hall–Kier alpha value is -1.06. The maximum atomic E-state index is 5.77. The number of ether oxygens (including phenoxy) is 1. The molecule has 1 atom stereocenters. The van der Waals surface area contributed by atoms with Gasteiger partial charge in [0.2, 0.25) is 0 Å². The van der Waals surface area contributed by atoms with Gasteiger partial charge in [-0.25, -0.2) is 0 Å². The zero-order valence-corrected chi connectivity index (χ0v) is 11.1. The van der Waals surface area contributed by atoms with Crippen molar-refractivity contribution >= 4 is 0 Å². The Balaban J connectivity index is 2.40. The molecule has 0 aromatic heterocycles. The Morgan fingerprint density at radius 1 is 1.35 bits per heavy atom. The van der Waals surface area contributed by atoms with Crippen LogP contribution in [0.5, 0.6) is 5.75 Å². The highest BCUT2D eigenvalue weighted by molar-refractivity contribution is 5.32. The van der Waals surface area contributed by atoms with Crippen LogP contribution in [-0.2, 0) is 6.54 Å². The molecule has 0 heterocycles. The fourth-order valence-corrected chi connectivity index (χ4v) is 1.64. The van der Waals surface area contributed by atoms with Crippen LogP contribution in [-0.4, -0.2) is 31.1 Å². The Morgan fingerprint density at radius 2 is 2.06 bits per heavy atom. The van der Waals surface area contributed by atoms with Crippen LogP contribution in [0.1, 0.15) is 25.8 Å². The standard InChI is InChI=1S/C14H24N2O/c1-4-12(2)16(3)9-10-17-14-8-6-5-7-13(14)11-15/h5-8,12H,4,9-11,15H2,1-3H3. The first-order valence-corrected chi connectivity index (χ1v) is 6.30. The van der Waals surface area contributed by atoms with Gasteiger partial charge in [0.25, 0.3) is 0 Å². The maximum Gasteiger partial charge on any atom is 0.123 e. The van der Waals surface area contributed by atoms with Crippen molar-refractivity contribution in [3.63, 3.8) is 0 Å². The van der Waals surface area contributed by atoms with Gasteiger partial charge < -0.3 is 15.4 Å². The van der Waals surface area contributed by atoms with Gasteiger partial charge in [-0.15, -0.1) is 0 Å². The van der Waals surface area contributed by atoms with E-state index < -0.39 is 0 Å². The van der Waals surface area contributed by atoms with Crippen LogP contribution in [0, 0.1) is 0 Å². The van der Waals surface area contributed by atoms with E-state index in [1.807, 2.05) is 24.3 Å². The molecule has 0 aliphatic carbocycles. The Kier molecular flexibility index (Phi) is 6.01. The third-order valence-corrected chi connectivity index (χ3v) is 3.24. The molecule has 96 valence electrons. The molecule has 17 heavy (non-hydrogen) atoms. The van der Waals surface area contributed by atoms with Crippen molar-refractivity contribution in [1.82, 2.24) is 4.90 Å². The summed E-state index contributed by atoms with van der Waals surface area (Å²) in [6.07, 6.45) is 1.16. The van der Waals surface area contributed by atoms with Gasteiger partial charge in [-0.05, 0) is 26.5 Å². The van der Waals surface area contributed by atoms with Gasteiger partial charge in [0.1, 0.15) is 12.4 Å². The SMILES string of the molecule is CCC(C)N(C)CCOc1ccccc1CN. The Bertz CT molecular complexity index is 328. The van der Waals surface area contributed by atoms with Gasteiger partial charge in [0, 0.05) is 24.7 Å². The van der Waals surface area contributed by atoms with E-state index in [2.05, 4.69) is 25.8 Å². The molecule has 0 saturated carbocycles. The molecule has 0 amide bonds. The van der Waals surface area contributed by atoms with Gasteiger partial charge in [-0.1, -0.05) is 25.1 Å². The van der Waals surface area contributed by atoms with E-state index in [0.29, 0.717) is 19.2 Å². The molecule has 0 bridgehead atoms. The zero-order valence-electron chi connectivity index (χ0n) is 11.1. The van der Waals surface area contributed by atoms with E-state index >= 15 is 0 Å². The Morgan fingerprint density at radius 3 is 2.71 bits per heavy atom. The average Bonchev–Trinajstić information content (AvgIpc) is 2.38. The second-order valence-electron chi connectivity index (χ2n) is 4.40. The number of para-hydroxylation sites is 1. The largest absolute Gasteiger partial charge is 0.492 e. The Labute approximate surface area is 105 Å². The van der Waals surface area contributed by atoms with Crippen LogP contribution in [0.2, 0.25) is 0 Å². The molecule has 1 aromatic rings. The summed E-state index contributed by atoms with van der Waals surface area (Å²) in [5.74, 6) is 0.910. The summed E-state index contributed by atoms with van der Waals surface area (Å²) in [5, 5.41) is 0. The molecule has 0 radical (unpaired) electrons. The van der Waals surface area contributed by atoms with Gasteiger partial charge in [-0.3, -0.25) is 0 Å². The number of nitrogens with zero attached hydrogens (tertiary/aromatic N) is 1. The molecular formula is C14H24N2O. The highest BCUT2D eigenvalue weighted by Crippen LogP contribution is 2.16. The normalized spacial score (nSPS) is 12.8. The summed E-state index contributed by atoms with van der Waals surface area (Å²) in [6.45, 7) is 6.60. The minimum absolute atomic E-state index is 0.525. The molecule has 3 heteroatoms. The summed E-state index contributed by atoms with van der Waals surface area (Å²) >= 11 is 0. The minimum atomic E-state index is 0.525. The first-order valence-electron chi connectivity index (χ1n) is 6.30. The van der Waals surface area contributed by atoms with Crippen LogP contribution >= 0.6 is 0 Å². The lowest BCUT2D eigenvalue weighted by Gasteiger charge is -2.23. The summed E-state index contributed by atoms with van der Waals surface area (Å²) in [4.78, 5) is 2.31. The van der Waals surface area contributed by atoms with Gasteiger partial charge in [0.05, 0.1) is 0 Å². The van der Waals surface area contributed by atoms with Crippen molar-refractivity contribution in [3.8, 4) is 5.75 Å². The minimum Gasteiger partial charge on any atom is -0.492 e. The second-order valence-corrected chi connectivity index (χ2v) is 4.40. The van der Waals surface area contributed by atoms with Crippen LogP contribution < -0.4 is 10.5 Å². The smallest absolute Gasteiger partial charge is 0.123 e. The van der Waals surface area contributed by atoms with Crippen molar-refractivity contribution in [2.75, 3.05) is 20.2 Å². The molecule has 3 nitrogen and oxygen atoms in total. The van der Waals surface area contributed by atoms with Crippen LogP contribution in [0.25, 0.3) is 0 Å². The first kappa shape index (κ1) is 14.0. The number of hydrogen-bond donors (Lipinski definition) is 1. The lowest BCUT2D eigenvalue weighted by molar-refractivity contribution is 0.196. The van der Waals surface area contributed by atoms with E-state index in [-0.39, 0.29) is 0 Å². The van der Waals surface area contributed by atoms with Crippen molar-refractivity contribution < 1.29 is 4.74 Å². The first-order chi connectivity index (χ1) is 8.19. The predicted octanol–water partition coefficient (Wildman–Crippen LogP) is 2.25. The highest BCUT2D eigenvalue weighted by Gasteiger charge is 2.07. The fourth-order valence-electron chi connectivity index (χ4n) is 1.64. The molecule has 2 N–H and O–H groups in total. The summed E-state index contributed by atoms with van der Waals surface area (Å²) < 4.78 is 5.77. The number of hydrogen-bond acceptors (Lipinski definition) is 3. The molecule has 1 rings (SSSR count). The number of benzene rings is 1. The fraction of sp³-hybridized carbons (Fsp3) is 0.571. The molecular weight excluding hydrogens is 212 g/mol. The van der Waals surface area contributed by atoms with Gasteiger partial charge in [-0.2, -0.15) is 0 Å². The van der Waals surface area contributed by atoms with E-state index in [9.17, 15) is 0 Å². The molecule has 0 aliphatic rings. The third kappa shape index (κ3) is 4.36. The lowest BCUT2D eigenvalue weighted by Crippen LogP contribution is -2.32. The topological polar surface area (TPSA) is 38.5 Å². The van der Waals surface area contributed by atoms with Crippen molar-refractivity contribution in [2.45, 2.75) is 32.9 Å². The molecule has 1 aromatic carbocycles. The molecule has 0 fully saturated rings. The van der Waals surface area contributed by atoms with Crippen LogP contribution in [0.3, 0.4) is 0 Å². The molecule has 0 saturated heterocycles. The number of rotatable bonds is 7. The van der Waals surface area contributed by atoms with Crippen LogP contribution in [0.15, 0.2) is 24.3 Å².